The zero-order valence-corrected chi connectivity index (χ0v) is 10.6. The number of methoxy groups -OCH3 is 1. The molecule has 0 spiro atoms. The first-order chi connectivity index (χ1) is 8.69. The molecule has 0 saturated carbocycles. The van der Waals surface area contributed by atoms with Crippen LogP contribution in [0.1, 0.15) is 11.5 Å². The quantitative estimate of drug-likeness (QED) is 0.772. The monoisotopic (exact) mass is 250 g/mol. The molecular weight excluding hydrogens is 232 g/mol. The number of hydrogen-bond acceptors (Lipinski definition) is 4. The van der Waals surface area contributed by atoms with E-state index in [-0.39, 0.29) is 18.1 Å². The average molecular weight is 250 g/mol. The molecule has 18 heavy (non-hydrogen) atoms. The van der Waals surface area contributed by atoms with Gasteiger partial charge in [-0.1, -0.05) is 0 Å². The van der Waals surface area contributed by atoms with Crippen LogP contribution in [0.2, 0.25) is 0 Å². The molecule has 2 atom stereocenters. The van der Waals surface area contributed by atoms with E-state index >= 15 is 0 Å². The van der Waals surface area contributed by atoms with E-state index in [0.717, 1.165) is 18.8 Å². The molecule has 2 N–H and O–H groups in total. The van der Waals surface area contributed by atoms with E-state index in [1.165, 1.54) is 6.08 Å². The smallest absolute Gasteiger partial charge is 0.244 e. The van der Waals surface area contributed by atoms with Crippen LogP contribution in [0.25, 0.3) is 6.08 Å². The van der Waals surface area contributed by atoms with Crippen LogP contribution < -0.4 is 10.6 Å². The van der Waals surface area contributed by atoms with Gasteiger partial charge in [0.05, 0.1) is 12.1 Å². The van der Waals surface area contributed by atoms with Crippen LogP contribution in [-0.4, -0.2) is 38.3 Å². The zero-order valence-electron chi connectivity index (χ0n) is 10.6. The fourth-order valence-corrected chi connectivity index (χ4v) is 1.98. The summed E-state index contributed by atoms with van der Waals surface area (Å²) in [4.78, 5) is 11.7. The Balaban J connectivity index is 1.86. The largest absolute Gasteiger partial charge is 0.462 e. The molecule has 2 unspecified atom stereocenters. The van der Waals surface area contributed by atoms with Crippen LogP contribution >= 0.6 is 0 Å². The van der Waals surface area contributed by atoms with Gasteiger partial charge < -0.3 is 19.8 Å². The summed E-state index contributed by atoms with van der Waals surface area (Å²) in [5, 5.41) is 6.08. The maximum absolute atomic E-state index is 11.7. The summed E-state index contributed by atoms with van der Waals surface area (Å²) < 4.78 is 10.6. The van der Waals surface area contributed by atoms with Crippen molar-refractivity contribution in [3.8, 4) is 0 Å². The number of rotatable bonds is 4. The van der Waals surface area contributed by atoms with Crippen molar-refractivity contribution in [2.24, 2.45) is 0 Å². The van der Waals surface area contributed by atoms with Gasteiger partial charge in [-0.2, -0.15) is 0 Å². The normalized spacial score (nSPS) is 23.7. The SMILES string of the molecule is COC1CNCC1NC(=O)C=Cc1ccc(C)o1. The summed E-state index contributed by atoms with van der Waals surface area (Å²) in [6.07, 6.45) is 3.17. The standard InChI is InChI=1S/C13H18N2O3/c1-9-3-4-10(18-9)5-6-13(16)15-11-7-14-8-12(11)17-2/h3-6,11-12,14H,7-8H2,1-2H3,(H,15,16). The van der Waals surface area contributed by atoms with Gasteiger partial charge in [-0.3, -0.25) is 4.79 Å². The molecule has 1 aliphatic heterocycles. The molecule has 1 aliphatic rings. The second kappa shape index (κ2) is 5.84. The molecule has 2 rings (SSSR count). The summed E-state index contributed by atoms with van der Waals surface area (Å²) in [6.45, 7) is 3.37. The van der Waals surface area contributed by atoms with E-state index < -0.39 is 0 Å². The van der Waals surface area contributed by atoms with Gasteiger partial charge in [0.1, 0.15) is 11.5 Å². The predicted molar refractivity (Wildman–Crippen MR) is 68.1 cm³/mol. The number of nitrogens with one attached hydrogen (secondary N) is 2. The highest BCUT2D eigenvalue weighted by Gasteiger charge is 2.27. The topological polar surface area (TPSA) is 63.5 Å². The van der Waals surface area contributed by atoms with Crippen LogP contribution in [0.4, 0.5) is 0 Å². The van der Waals surface area contributed by atoms with Crippen molar-refractivity contribution in [2.75, 3.05) is 20.2 Å². The maximum atomic E-state index is 11.7. The summed E-state index contributed by atoms with van der Waals surface area (Å²) in [5.41, 5.74) is 0. The number of hydrogen-bond donors (Lipinski definition) is 2. The van der Waals surface area contributed by atoms with Crippen molar-refractivity contribution >= 4 is 12.0 Å². The number of amides is 1. The average Bonchev–Trinajstić information content (AvgIpc) is 2.95. The van der Waals surface area contributed by atoms with Gasteiger partial charge in [-0.25, -0.2) is 0 Å². The Kier molecular flexibility index (Phi) is 4.17. The number of carbonyl (C=O) groups excluding carboxylic acids is 1. The lowest BCUT2D eigenvalue weighted by molar-refractivity contribution is -0.117. The molecule has 1 amide bonds. The summed E-state index contributed by atoms with van der Waals surface area (Å²) >= 11 is 0. The van der Waals surface area contributed by atoms with Crippen molar-refractivity contribution in [3.05, 3.63) is 29.7 Å². The lowest BCUT2D eigenvalue weighted by atomic mass is 10.2. The molecule has 5 heteroatoms. The number of ether oxygens (including phenoxy) is 1. The van der Waals surface area contributed by atoms with Gasteiger partial charge in [0.2, 0.25) is 5.91 Å². The third-order valence-corrected chi connectivity index (χ3v) is 2.95. The van der Waals surface area contributed by atoms with Gasteiger partial charge in [-0.15, -0.1) is 0 Å². The Labute approximate surface area is 106 Å². The Bertz CT molecular complexity index is 439. The predicted octanol–water partition coefficient (Wildman–Crippen LogP) is 0.704. The minimum absolute atomic E-state index is 0.0190. The van der Waals surface area contributed by atoms with Crippen molar-refractivity contribution in [2.45, 2.75) is 19.1 Å². The highest BCUT2D eigenvalue weighted by atomic mass is 16.5. The van der Waals surface area contributed by atoms with Crippen LogP contribution in [0.15, 0.2) is 22.6 Å². The molecule has 2 heterocycles. The van der Waals surface area contributed by atoms with E-state index in [2.05, 4.69) is 10.6 Å². The Morgan fingerprint density at radius 3 is 3.06 bits per heavy atom. The van der Waals surface area contributed by atoms with Gasteiger partial charge in [0.15, 0.2) is 0 Å². The first-order valence-electron chi connectivity index (χ1n) is 5.97. The van der Waals surface area contributed by atoms with Crippen LogP contribution in [0, 0.1) is 6.92 Å². The fraction of sp³-hybridized carbons (Fsp3) is 0.462. The van der Waals surface area contributed by atoms with Gasteiger partial charge >= 0.3 is 0 Å². The van der Waals surface area contributed by atoms with E-state index in [1.807, 2.05) is 19.1 Å². The van der Waals surface area contributed by atoms with Gasteiger partial charge in [-0.05, 0) is 25.1 Å². The van der Waals surface area contributed by atoms with Crippen molar-refractivity contribution < 1.29 is 13.9 Å². The second-order valence-corrected chi connectivity index (χ2v) is 4.33. The highest BCUT2D eigenvalue weighted by molar-refractivity contribution is 5.91. The molecule has 1 aromatic rings. The summed E-state index contributed by atoms with van der Waals surface area (Å²) in [7, 11) is 1.65. The summed E-state index contributed by atoms with van der Waals surface area (Å²) in [6, 6.07) is 3.71. The van der Waals surface area contributed by atoms with Crippen molar-refractivity contribution in [1.82, 2.24) is 10.6 Å². The third-order valence-electron chi connectivity index (χ3n) is 2.95. The lowest BCUT2D eigenvalue weighted by Crippen LogP contribution is -2.42. The van der Waals surface area contributed by atoms with Gasteiger partial charge in [0, 0.05) is 26.3 Å². The Hall–Kier alpha value is -1.59. The van der Waals surface area contributed by atoms with E-state index in [9.17, 15) is 4.79 Å². The van der Waals surface area contributed by atoms with E-state index in [4.69, 9.17) is 9.15 Å². The minimum Gasteiger partial charge on any atom is -0.462 e. The van der Waals surface area contributed by atoms with Crippen molar-refractivity contribution in [3.63, 3.8) is 0 Å². The highest BCUT2D eigenvalue weighted by Crippen LogP contribution is 2.08. The second-order valence-electron chi connectivity index (χ2n) is 4.33. The zero-order chi connectivity index (χ0) is 13.0. The molecule has 0 aromatic carbocycles. The fourth-order valence-electron chi connectivity index (χ4n) is 1.98. The molecule has 98 valence electrons. The third kappa shape index (κ3) is 3.21. The molecular formula is C13H18N2O3. The van der Waals surface area contributed by atoms with Crippen LogP contribution in [-0.2, 0) is 9.53 Å². The maximum Gasteiger partial charge on any atom is 0.244 e. The Morgan fingerprint density at radius 2 is 2.39 bits per heavy atom. The van der Waals surface area contributed by atoms with Crippen LogP contribution in [0.5, 0.6) is 0 Å². The minimum atomic E-state index is -0.139. The lowest BCUT2D eigenvalue weighted by Gasteiger charge is -2.17. The van der Waals surface area contributed by atoms with Gasteiger partial charge in [0.25, 0.3) is 0 Å². The molecule has 5 nitrogen and oxygen atoms in total. The molecule has 0 aliphatic carbocycles. The van der Waals surface area contributed by atoms with E-state index in [1.54, 1.807) is 13.2 Å². The van der Waals surface area contributed by atoms with Crippen LogP contribution in [0.3, 0.4) is 0 Å². The first kappa shape index (κ1) is 12.9. The number of furan rings is 1. The van der Waals surface area contributed by atoms with E-state index in [0.29, 0.717) is 5.76 Å². The van der Waals surface area contributed by atoms with Crippen molar-refractivity contribution in [1.29, 1.82) is 0 Å². The Morgan fingerprint density at radius 1 is 1.56 bits per heavy atom. The summed E-state index contributed by atoms with van der Waals surface area (Å²) in [5.74, 6) is 1.37. The number of carbonyl (C=O) groups is 1. The molecule has 1 fully saturated rings. The number of aryl methyl sites for hydroxylation is 1. The molecule has 1 aromatic heterocycles. The first-order valence-corrected chi connectivity index (χ1v) is 5.97. The molecule has 1 saturated heterocycles. The molecule has 0 bridgehead atoms. The molecule has 0 radical (unpaired) electrons.